The van der Waals surface area contributed by atoms with Crippen LogP contribution in [0.3, 0.4) is 0 Å². The van der Waals surface area contributed by atoms with Crippen LogP contribution in [0, 0.1) is 0 Å². The summed E-state index contributed by atoms with van der Waals surface area (Å²) in [4.78, 5) is 19.2. The fourth-order valence-electron chi connectivity index (χ4n) is 3.20. The van der Waals surface area contributed by atoms with Gasteiger partial charge in [0.1, 0.15) is 0 Å². The van der Waals surface area contributed by atoms with Gasteiger partial charge in [0.15, 0.2) is 0 Å². The Morgan fingerprint density at radius 3 is 2.09 bits per heavy atom. The summed E-state index contributed by atoms with van der Waals surface area (Å²) in [5, 5.41) is 0. The summed E-state index contributed by atoms with van der Waals surface area (Å²) in [5.41, 5.74) is 0. The molecule has 0 unspecified atom stereocenters. The molecule has 0 saturated carbocycles. The lowest BCUT2D eigenvalue weighted by Crippen LogP contribution is -2.50. The monoisotopic (exact) mass is 311 g/mol. The van der Waals surface area contributed by atoms with Crippen molar-refractivity contribution in [3.05, 3.63) is 0 Å². The molecular weight excluding hydrogens is 278 g/mol. The first-order chi connectivity index (χ1) is 10.6. The second kappa shape index (κ2) is 9.48. The fourth-order valence-corrected chi connectivity index (χ4v) is 3.20. The molecule has 0 aromatic carbocycles. The van der Waals surface area contributed by atoms with Crippen LogP contribution in [0.4, 0.5) is 0 Å². The van der Waals surface area contributed by atoms with Gasteiger partial charge in [-0.3, -0.25) is 14.6 Å². The van der Waals surface area contributed by atoms with Crippen molar-refractivity contribution < 1.29 is 9.53 Å². The van der Waals surface area contributed by atoms with Gasteiger partial charge in [0.2, 0.25) is 5.91 Å². The second-order valence-electron chi connectivity index (χ2n) is 6.83. The van der Waals surface area contributed by atoms with Gasteiger partial charge in [0, 0.05) is 45.8 Å². The smallest absolute Gasteiger partial charge is 0.236 e. The van der Waals surface area contributed by atoms with Crippen LogP contribution in [0.1, 0.15) is 39.5 Å². The van der Waals surface area contributed by atoms with Gasteiger partial charge in [0.05, 0.1) is 19.3 Å². The van der Waals surface area contributed by atoms with Gasteiger partial charge in [-0.25, -0.2) is 0 Å². The summed E-state index contributed by atoms with van der Waals surface area (Å²) >= 11 is 0. The predicted octanol–water partition coefficient (Wildman–Crippen LogP) is 1.43. The first-order valence-corrected chi connectivity index (χ1v) is 8.99. The number of ether oxygens (including phenoxy) is 1. The van der Waals surface area contributed by atoms with Crippen LogP contribution in [-0.4, -0.2) is 85.7 Å². The molecule has 22 heavy (non-hydrogen) atoms. The lowest BCUT2D eigenvalue weighted by Gasteiger charge is -2.35. The predicted molar refractivity (Wildman–Crippen MR) is 89.0 cm³/mol. The average molecular weight is 311 g/mol. The third kappa shape index (κ3) is 6.23. The van der Waals surface area contributed by atoms with Crippen LogP contribution >= 0.6 is 0 Å². The third-order valence-electron chi connectivity index (χ3n) is 4.64. The van der Waals surface area contributed by atoms with E-state index in [1.807, 2.05) is 0 Å². The summed E-state index contributed by atoms with van der Waals surface area (Å²) < 4.78 is 5.61. The Bertz CT molecular complexity index is 320. The van der Waals surface area contributed by atoms with Crippen LogP contribution in [0.15, 0.2) is 0 Å². The van der Waals surface area contributed by atoms with Gasteiger partial charge in [-0.05, 0) is 26.7 Å². The molecule has 2 heterocycles. The zero-order valence-corrected chi connectivity index (χ0v) is 14.4. The highest BCUT2D eigenvalue weighted by Crippen LogP contribution is 2.10. The summed E-state index contributed by atoms with van der Waals surface area (Å²) in [6.45, 7) is 12.6. The van der Waals surface area contributed by atoms with E-state index in [2.05, 4.69) is 28.5 Å². The molecule has 0 N–H and O–H groups in total. The van der Waals surface area contributed by atoms with Gasteiger partial charge in [-0.2, -0.15) is 0 Å². The fraction of sp³-hybridized carbons (Fsp3) is 0.941. The van der Waals surface area contributed by atoms with Crippen LogP contribution in [0.2, 0.25) is 0 Å². The largest absolute Gasteiger partial charge is 0.377 e. The maximum absolute atomic E-state index is 12.4. The molecule has 2 fully saturated rings. The number of amides is 1. The minimum Gasteiger partial charge on any atom is -0.377 e. The second-order valence-corrected chi connectivity index (χ2v) is 6.83. The van der Waals surface area contributed by atoms with Crippen LogP contribution < -0.4 is 0 Å². The molecule has 0 bridgehead atoms. The molecule has 0 aromatic heterocycles. The van der Waals surface area contributed by atoms with Crippen molar-refractivity contribution in [1.82, 2.24) is 14.7 Å². The maximum Gasteiger partial charge on any atom is 0.236 e. The number of hydrogen-bond donors (Lipinski definition) is 0. The number of hydrogen-bond acceptors (Lipinski definition) is 4. The molecule has 0 spiro atoms. The molecule has 128 valence electrons. The summed E-state index contributed by atoms with van der Waals surface area (Å²) in [6.07, 6.45) is 5.22. The zero-order valence-electron chi connectivity index (χ0n) is 14.4. The Labute approximate surface area is 135 Å². The Hall–Kier alpha value is -0.650. The molecule has 1 amide bonds. The minimum absolute atomic E-state index is 0.313. The van der Waals surface area contributed by atoms with Crippen molar-refractivity contribution in [3.63, 3.8) is 0 Å². The maximum atomic E-state index is 12.4. The van der Waals surface area contributed by atoms with Crippen molar-refractivity contribution in [2.45, 2.75) is 45.6 Å². The zero-order chi connectivity index (χ0) is 15.8. The Morgan fingerprint density at radius 1 is 0.909 bits per heavy atom. The van der Waals surface area contributed by atoms with Crippen molar-refractivity contribution in [3.8, 4) is 0 Å². The van der Waals surface area contributed by atoms with E-state index in [9.17, 15) is 4.79 Å². The van der Waals surface area contributed by atoms with E-state index in [1.165, 1.54) is 25.7 Å². The van der Waals surface area contributed by atoms with Crippen molar-refractivity contribution in [2.75, 3.05) is 59.0 Å². The van der Waals surface area contributed by atoms with Crippen LogP contribution in [0.5, 0.6) is 0 Å². The Balaban J connectivity index is 1.63. The van der Waals surface area contributed by atoms with E-state index in [0.717, 1.165) is 52.4 Å². The Morgan fingerprint density at radius 2 is 1.50 bits per heavy atom. The highest BCUT2D eigenvalue weighted by atomic mass is 16.5. The molecule has 5 nitrogen and oxygen atoms in total. The number of piperazine rings is 1. The summed E-state index contributed by atoms with van der Waals surface area (Å²) in [7, 11) is 0. The van der Waals surface area contributed by atoms with Gasteiger partial charge < -0.3 is 9.64 Å². The highest BCUT2D eigenvalue weighted by Gasteiger charge is 2.22. The lowest BCUT2D eigenvalue weighted by atomic mass is 10.2. The molecule has 0 atom stereocenters. The quantitative estimate of drug-likeness (QED) is 0.743. The number of likely N-dealkylation sites (tertiary alicyclic amines) is 1. The average Bonchev–Trinajstić information content (AvgIpc) is 2.78. The molecule has 0 radical (unpaired) electrons. The molecule has 2 aliphatic rings. The molecule has 0 aromatic rings. The molecule has 2 aliphatic heterocycles. The topological polar surface area (TPSA) is 36.0 Å². The number of nitrogens with zero attached hydrogens (tertiary/aromatic N) is 3. The molecule has 2 saturated heterocycles. The molecule has 2 rings (SSSR count). The van der Waals surface area contributed by atoms with Crippen molar-refractivity contribution in [2.24, 2.45) is 0 Å². The number of rotatable bonds is 6. The van der Waals surface area contributed by atoms with E-state index in [4.69, 9.17) is 4.74 Å². The molecular formula is C17H33N3O2. The van der Waals surface area contributed by atoms with E-state index in [0.29, 0.717) is 18.6 Å². The van der Waals surface area contributed by atoms with E-state index in [-0.39, 0.29) is 0 Å². The number of carbonyl (C=O) groups excluding carboxylic acids is 1. The summed E-state index contributed by atoms with van der Waals surface area (Å²) in [6, 6.07) is 0. The van der Waals surface area contributed by atoms with E-state index >= 15 is 0 Å². The first kappa shape index (κ1) is 17.7. The lowest BCUT2D eigenvalue weighted by molar-refractivity contribution is -0.132. The normalized spacial score (nSPS) is 22.0. The van der Waals surface area contributed by atoms with Gasteiger partial charge in [-0.15, -0.1) is 0 Å². The van der Waals surface area contributed by atoms with Crippen molar-refractivity contribution >= 4 is 5.91 Å². The highest BCUT2D eigenvalue weighted by molar-refractivity contribution is 5.78. The molecule has 0 aliphatic carbocycles. The SMILES string of the molecule is CC(C)OCCN1CCN(CC(=O)N2CCCCCC2)CC1. The van der Waals surface area contributed by atoms with E-state index in [1.54, 1.807) is 0 Å². The van der Waals surface area contributed by atoms with E-state index < -0.39 is 0 Å². The summed E-state index contributed by atoms with van der Waals surface area (Å²) in [5.74, 6) is 0.332. The van der Waals surface area contributed by atoms with Crippen LogP contribution in [0.25, 0.3) is 0 Å². The standard InChI is InChI=1S/C17H33N3O2/c1-16(2)22-14-13-18-9-11-19(12-10-18)15-17(21)20-7-5-3-4-6-8-20/h16H,3-15H2,1-2H3. The van der Waals surface area contributed by atoms with Crippen LogP contribution in [-0.2, 0) is 9.53 Å². The Kier molecular flexibility index (Phi) is 7.63. The minimum atomic E-state index is 0.313. The first-order valence-electron chi connectivity index (χ1n) is 8.99. The van der Waals surface area contributed by atoms with Gasteiger partial charge in [-0.1, -0.05) is 12.8 Å². The number of carbonyl (C=O) groups is 1. The van der Waals surface area contributed by atoms with Crippen molar-refractivity contribution in [1.29, 1.82) is 0 Å². The molecule has 5 heteroatoms. The van der Waals surface area contributed by atoms with Gasteiger partial charge >= 0.3 is 0 Å². The third-order valence-corrected chi connectivity index (χ3v) is 4.64. The van der Waals surface area contributed by atoms with Gasteiger partial charge in [0.25, 0.3) is 0 Å².